The van der Waals surface area contributed by atoms with Crippen LogP contribution in [0.4, 0.5) is 0 Å². The van der Waals surface area contributed by atoms with Gasteiger partial charge in [0.05, 0.1) is 19.0 Å². The SMILES string of the molecule is CC(CCc1ccccc1)NC(=O)CCN(Cc1ccco1)C(=O)c1cnccn1. The summed E-state index contributed by atoms with van der Waals surface area (Å²) in [6, 6.07) is 13.8. The van der Waals surface area contributed by atoms with Gasteiger partial charge in [-0.3, -0.25) is 14.6 Å². The minimum absolute atomic E-state index is 0.0481. The minimum Gasteiger partial charge on any atom is -0.467 e. The van der Waals surface area contributed by atoms with Crippen molar-refractivity contribution in [1.29, 1.82) is 0 Å². The van der Waals surface area contributed by atoms with Gasteiger partial charge in [-0.05, 0) is 37.5 Å². The predicted octanol–water partition coefficient (Wildman–Crippen LogP) is 3.24. The van der Waals surface area contributed by atoms with Crippen molar-refractivity contribution in [3.63, 3.8) is 0 Å². The molecule has 7 nitrogen and oxygen atoms in total. The third-order valence-corrected chi connectivity index (χ3v) is 4.72. The number of nitrogens with zero attached hydrogens (tertiary/aromatic N) is 3. The van der Waals surface area contributed by atoms with Crippen LogP contribution < -0.4 is 5.32 Å². The van der Waals surface area contributed by atoms with Crippen LogP contribution in [0, 0.1) is 0 Å². The second kappa shape index (κ2) is 10.9. The first-order valence-corrected chi connectivity index (χ1v) is 10.0. The highest BCUT2D eigenvalue weighted by Gasteiger charge is 2.20. The van der Waals surface area contributed by atoms with E-state index >= 15 is 0 Å². The lowest BCUT2D eigenvalue weighted by Gasteiger charge is -2.21. The third-order valence-electron chi connectivity index (χ3n) is 4.72. The van der Waals surface area contributed by atoms with Gasteiger partial charge in [-0.1, -0.05) is 30.3 Å². The van der Waals surface area contributed by atoms with Crippen molar-refractivity contribution in [3.05, 3.63) is 84.3 Å². The molecule has 0 saturated carbocycles. The molecule has 3 rings (SSSR count). The standard InChI is InChI=1S/C23H26N4O3/c1-18(9-10-19-6-3-2-4-7-19)26-22(28)11-14-27(17-20-8-5-15-30-20)23(29)21-16-24-12-13-25-21/h2-8,12-13,15-16,18H,9-11,14,17H2,1H3,(H,26,28). The first-order chi connectivity index (χ1) is 14.6. The maximum atomic E-state index is 12.8. The zero-order chi connectivity index (χ0) is 21.2. The van der Waals surface area contributed by atoms with Gasteiger partial charge in [-0.15, -0.1) is 0 Å². The lowest BCUT2D eigenvalue weighted by atomic mass is 10.1. The Morgan fingerprint density at radius 3 is 2.67 bits per heavy atom. The molecule has 0 aliphatic heterocycles. The lowest BCUT2D eigenvalue weighted by Crippen LogP contribution is -2.38. The van der Waals surface area contributed by atoms with E-state index in [0.29, 0.717) is 5.76 Å². The zero-order valence-corrected chi connectivity index (χ0v) is 17.0. The number of carbonyl (C=O) groups excluding carboxylic acids is 2. The lowest BCUT2D eigenvalue weighted by molar-refractivity contribution is -0.121. The van der Waals surface area contributed by atoms with Crippen molar-refractivity contribution in [3.8, 4) is 0 Å². The molecule has 0 aliphatic carbocycles. The van der Waals surface area contributed by atoms with E-state index in [2.05, 4.69) is 27.4 Å². The molecular weight excluding hydrogens is 380 g/mol. The number of carbonyl (C=O) groups is 2. The van der Waals surface area contributed by atoms with Gasteiger partial charge in [0.15, 0.2) is 0 Å². The van der Waals surface area contributed by atoms with Crippen LogP contribution in [0.3, 0.4) is 0 Å². The summed E-state index contributed by atoms with van der Waals surface area (Å²) < 4.78 is 5.36. The van der Waals surface area contributed by atoms with E-state index in [0.717, 1.165) is 12.8 Å². The van der Waals surface area contributed by atoms with Crippen molar-refractivity contribution < 1.29 is 14.0 Å². The monoisotopic (exact) mass is 406 g/mol. The Morgan fingerprint density at radius 2 is 1.97 bits per heavy atom. The highest BCUT2D eigenvalue weighted by molar-refractivity contribution is 5.92. The smallest absolute Gasteiger partial charge is 0.274 e. The van der Waals surface area contributed by atoms with E-state index in [1.807, 2.05) is 25.1 Å². The molecule has 3 aromatic rings. The summed E-state index contributed by atoms with van der Waals surface area (Å²) >= 11 is 0. The highest BCUT2D eigenvalue weighted by atomic mass is 16.3. The van der Waals surface area contributed by atoms with Crippen LogP contribution >= 0.6 is 0 Å². The van der Waals surface area contributed by atoms with Gasteiger partial charge < -0.3 is 14.6 Å². The minimum atomic E-state index is -0.288. The maximum absolute atomic E-state index is 12.8. The fourth-order valence-electron chi connectivity index (χ4n) is 3.10. The molecule has 1 unspecified atom stereocenters. The summed E-state index contributed by atoms with van der Waals surface area (Å²) in [4.78, 5) is 34.8. The Bertz CT molecular complexity index is 914. The highest BCUT2D eigenvalue weighted by Crippen LogP contribution is 2.10. The second-order valence-electron chi connectivity index (χ2n) is 7.14. The average Bonchev–Trinajstić information content (AvgIpc) is 3.29. The molecule has 2 aromatic heterocycles. The second-order valence-corrected chi connectivity index (χ2v) is 7.14. The molecule has 30 heavy (non-hydrogen) atoms. The first-order valence-electron chi connectivity index (χ1n) is 10.0. The van der Waals surface area contributed by atoms with Crippen LogP contribution in [0.2, 0.25) is 0 Å². The van der Waals surface area contributed by atoms with Crippen molar-refractivity contribution in [1.82, 2.24) is 20.2 Å². The summed E-state index contributed by atoms with van der Waals surface area (Å²) in [7, 11) is 0. The molecule has 2 amide bonds. The molecule has 1 aromatic carbocycles. The number of hydrogen-bond acceptors (Lipinski definition) is 5. The van der Waals surface area contributed by atoms with Crippen LogP contribution in [0.25, 0.3) is 0 Å². The summed E-state index contributed by atoms with van der Waals surface area (Å²) in [6.07, 6.45) is 7.91. The zero-order valence-electron chi connectivity index (χ0n) is 17.0. The fraction of sp³-hybridized carbons (Fsp3) is 0.304. The van der Waals surface area contributed by atoms with Gasteiger partial charge in [0.2, 0.25) is 5.91 Å². The Balaban J connectivity index is 1.52. The van der Waals surface area contributed by atoms with E-state index in [4.69, 9.17) is 4.42 Å². The van der Waals surface area contributed by atoms with Gasteiger partial charge in [0.25, 0.3) is 5.91 Å². The van der Waals surface area contributed by atoms with E-state index in [-0.39, 0.29) is 43.1 Å². The Kier molecular flexibility index (Phi) is 7.71. The Labute approximate surface area is 176 Å². The molecule has 0 radical (unpaired) electrons. The summed E-state index contributed by atoms with van der Waals surface area (Å²) in [5.74, 6) is 0.264. The Hall–Kier alpha value is -3.48. The summed E-state index contributed by atoms with van der Waals surface area (Å²) in [5.41, 5.74) is 1.48. The normalized spacial score (nSPS) is 11.6. The molecule has 0 aliphatic rings. The van der Waals surface area contributed by atoms with Crippen molar-refractivity contribution in [2.45, 2.75) is 38.8 Å². The molecule has 7 heteroatoms. The molecule has 0 fully saturated rings. The van der Waals surface area contributed by atoms with E-state index in [1.165, 1.54) is 24.2 Å². The topological polar surface area (TPSA) is 88.3 Å². The largest absolute Gasteiger partial charge is 0.467 e. The molecule has 2 heterocycles. The molecule has 156 valence electrons. The number of aryl methyl sites for hydroxylation is 1. The van der Waals surface area contributed by atoms with Gasteiger partial charge in [-0.2, -0.15) is 0 Å². The van der Waals surface area contributed by atoms with Gasteiger partial charge in [0.1, 0.15) is 11.5 Å². The molecule has 0 spiro atoms. The van der Waals surface area contributed by atoms with E-state index in [9.17, 15) is 9.59 Å². The molecule has 1 N–H and O–H groups in total. The number of hydrogen-bond donors (Lipinski definition) is 1. The number of benzene rings is 1. The van der Waals surface area contributed by atoms with E-state index in [1.54, 1.807) is 23.3 Å². The van der Waals surface area contributed by atoms with Crippen LogP contribution in [0.5, 0.6) is 0 Å². The van der Waals surface area contributed by atoms with Crippen molar-refractivity contribution >= 4 is 11.8 Å². The number of amides is 2. The van der Waals surface area contributed by atoms with Crippen molar-refractivity contribution in [2.24, 2.45) is 0 Å². The van der Waals surface area contributed by atoms with Crippen LogP contribution in [-0.2, 0) is 17.8 Å². The summed E-state index contributed by atoms with van der Waals surface area (Å²) in [6.45, 7) is 2.51. The molecule has 0 saturated heterocycles. The maximum Gasteiger partial charge on any atom is 0.274 e. The number of furan rings is 1. The van der Waals surface area contributed by atoms with Gasteiger partial charge >= 0.3 is 0 Å². The number of aromatic nitrogens is 2. The third kappa shape index (κ3) is 6.55. The first kappa shape index (κ1) is 21.2. The predicted molar refractivity (Wildman–Crippen MR) is 112 cm³/mol. The van der Waals surface area contributed by atoms with Crippen LogP contribution in [0.1, 0.15) is 41.6 Å². The summed E-state index contributed by atoms with van der Waals surface area (Å²) in [5, 5.41) is 3.01. The number of nitrogens with one attached hydrogen (secondary N) is 1. The van der Waals surface area contributed by atoms with Crippen LogP contribution in [-0.4, -0.2) is 39.3 Å². The Morgan fingerprint density at radius 1 is 1.13 bits per heavy atom. The van der Waals surface area contributed by atoms with Crippen LogP contribution in [0.15, 0.2) is 71.7 Å². The molecule has 0 bridgehead atoms. The van der Waals surface area contributed by atoms with Gasteiger partial charge in [-0.25, -0.2) is 4.98 Å². The van der Waals surface area contributed by atoms with Gasteiger partial charge in [0, 0.05) is 31.4 Å². The average molecular weight is 406 g/mol. The fourth-order valence-corrected chi connectivity index (χ4v) is 3.10. The van der Waals surface area contributed by atoms with Crippen molar-refractivity contribution in [2.75, 3.05) is 6.54 Å². The number of rotatable bonds is 10. The quantitative estimate of drug-likeness (QED) is 0.558. The van der Waals surface area contributed by atoms with E-state index < -0.39 is 0 Å². The molecular formula is C23H26N4O3. The molecule has 1 atom stereocenters.